The van der Waals surface area contributed by atoms with Gasteiger partial charge in [-0.05, 0) is 6.85 Å². The van der Waals surface area contributed by atoms with Gasteiger partial charge in [0.2, 0.25) is 0 Å². The number of halogens is 4. The molecule has 58 valence electrons. The summed E-state index contributed by atoms with van der Waals surface area (Å²) < 4.78 is 54.4. The van der Waals surface area contributed by atoms with E-state index in [0.717, 1.165) is 0 Å². The highest BCUT2D eigenvalue weighted by Gasteiger charge is 2.34. The van der Waals surface area contributed by atoms with Gasteiger partial charge in [-0.3, -0.25) is 5.84 Å². The summed E-state index contributed by atoms with van der Waals surface area (Å²) in [6.07, 6.45) is -4.85. The summed E-state index contributed by atoms with van der Waals surface area (Å²) in [6, 6.07) is -2.66. The Morgan fingerprint density at radius 2 is 2.11 bits per heavy atom. The molecule has 0 saturated heterocycles. The minimum atomic E-state index is -4.85. The number of hydrogen-bond acceptors (Lipinski definition) is 2. The van der Waals surface area contributed by atoms with Gasteiger partial charge in [-0.1, -0.05) is 0 Å². The summed E-state index contributed by atoms with van der Waals surface area (Å²) in [5.74, 6) is 4.42. The van der Waals surface area contributed by atoms with Crippen molar-refractivity contribution >= 4 is 12.4 Å². The lowest BCUT2D eigenvalue weighted by Crippen LogP contribution is -2.43. The molecule has 9 heavy (non-hydrogen) atoms. The molecule has 0 aliphatic carbocycles. The van der Waals surface area contributed by atoms with Crippen LogP contribution in [0.1, 0.15) is 11.0 Å². The minimum absolute atomic E-state index is 0. The molecule has 0 heterocycles. The Hall–Kier alpha value is -0.0000000000000000555. The summed E-state index contributed by atoms with van der Waals surface area (Å²) >= 11 is 0. The molecule has 6 heteroatoms. The molecule has 0 aliphatic rings. The average molecular weight is 168 g/mol. The van der Waals surface area contributed by atoms with Crippen molar-refractivity contribution in [3.8, 4) is 0 Å². The van der Waals surface area contributed by atoms with Gasteiger partial charge >= 0.3 is 6.18 Å². The van der Waals surface area contributed by atoms with Crippen LogP contribution in [-0.2, 0) is 0 Å². The monoisotopic (exact) mass is 167 g/mol. The molecule has 1 unspecified atom stereocenters. The second kappa shape index (κ2) is 3.92. The minimum Gasteiger partial charge on any atom is -0.271 e. The van der Waals surface area contributed by atoms with E-state index >= 15 is 0 Å². The first-order valence-electron chi connectivity index (χ1n) is 3.22. The first-order chi connectivity index (χ1) is 4.69. The SMILES string of the molecule is Cl.[2H]C([2H])([2H])C(NN)C(F)(F)F. The van der Waals surface area contributed by atoms with E-state index in [1.54, 1.807) is 0 Å². The molecule has 0 bridgehead atoms. The second-order valence-electron chi connectivity index (χ2n) is 1.14. The highest BCUT2D eigenvalue weighted by Crippen LogP contribution is 2.18. The van der Waals surface area contributed by atoms with E-state index in [1.807, 2.05) is 0 Å². The van der Waals surface area contributed by atoms with Gasteiger partial charge in [0.25, 0.3) is 0 Å². The molecule has 0 spiro atoms. The van der Waals surface area contributed by atoms with Crippen molar-refractivity contribution in [2.24, 2.45) is 5.84 Å². The number of alkyl halides is 3. The molecule has 1 atom stereocenters. The van der Waals surface area contributed by atoms with Crippen molar-refractivity contribution in [1.29, 1.82) is 0 Å². The number of nitrogens with one attached hydrogen (secondary N) is 1. The van der Waals surface area contributed by atoms with Crippen LogP contribution in [0, 0.1) is 0 Å². The van der Waals surface area contributed by atoms with Crippen LogP contribution in [0.4, 0.5) is 13.2 Å². The zero-order chi connectivity index (χ0) is 9.28. The van der Waals surface area contributed by atoms with E-state index < -0.39 is 19.1 Å². The maximum atomic E-state index is 11.7. The van der Waals surface area contributed by atoms with E-state index in [0.29, 0.717) is 0 Å². The van der Waals surface area contributed by atoms with Crippen molar-refractivity contribution in [2.75, 3.05) is 0 Å². The Morgan fingerprint density at radius 3 is 2.11 bits per heavy atom. The van der Waals surface area contributed by atoms with Gasteiger partial charge in [0.05, 0.1) is 0 Å². The van der Waals surface area contributed by atoms with Crippen LogP contribution < -0.4 is 11.3 Å². The molecule has 0 rings (SSSR count). The first kappa shape index (κ1) is 5.76. The molecule has 0 saturated carbocycles. The largest absolute Gasteiger partial charge is 0.404 e. The molecule has 0 amide bonds. The quantitative estimate of drug-likeness (QED) is 0.448. The third kappa shape index (κ3) is 4.50. The normalized spacial score (nSPS) is 20.7. The lowest BCUT2D eigenvalue weighted by molar-refractivity contribution is -0.151. The smallest absolute Gasteiger partial charge is 0.271 e. The summed E-state index contributed by atoms with van der Waals surface area (Å²) in [5, 5.41) is 0. The molecule has 3 N–H and O–H groups in total. The Bertz CT molecular complexity index is 122. The molecular formula is C3H8ClF3N2. The maximum absolute atomic E-state index is 11.7. The Labute approximate surface area is 61.2 Å². The molecule has 0 aromatic heterocycles. The van der Waals surface area contributed by atoms with E-state index in [2.05, 4.69) is 5.84 Å². The van der Waals surface area contributed by atoms with E-state index in [4.69, 9.17) is 4.11 Å². The third-order valence-corrected chi connectivity index (χ3v) is 0.494. The lowest BCUT2D eigenvalue weighted by Gasteiger charge is -2.12. The van der Waals surface area contributed by atoms with Gasteiger partial charge in [0.1, 0.15) is 6.04 Å². The van der Waals surface area contributed by atoms with E-state index in [1.165, 1.54) is 5.43 Å². The highest BCUT2D eigenvalue weighted by atomic mass is 35.5. The fourth-order valence-corrected chi connectivity index (χ4v) is 0.0945. The third-order valence-electron chi connectivity index (χ3n) is 0.494. The Morgan fingerprint density at radius 1 is 1.67 bits per heavy atom. The molecule has 0 aliphatic heterocycles. The molecule has 0 aromatic rings. The van der Waals surface area contributed by atoms with Gasteiger partial charge in [0.15, 0.2) is 0 Å². The summed E-state index contributed by atoms with van der Waals surface area (Å²) in [4.78, 5) is 0. The van der Waals surface area contributed by atoms with Crippen molar-refractivity contribution in [3.05, 3.63) is 0 Å². The van der Waals surface area contributed by atoms with Crippen molar-refractivity contribution in [2.45, 2.75) is 19.1 Å². The number of rotatable bonds is 1. The summed E-state index contributed by atoms with van der Waals surface area (Å²) in [6.45, 7) is -3.16. The predicted octanol–water partition coefficient (Wildman–Crippen LogP) is 0.822. The molecule has 2 nitrogen and oxygen atoms in total. The Kier molecular flexibility index (Phi) is 2.51. The van der Waals surface area contributed by atoms with Crippen LogP contribution in [0.2, 0.25) is 0 Å². The number of nitrogens with two attached hydrogens (primary N) is 1. The standard InChI is InChI=1S/C3H7F3N2.ClH/c1-2(8-7)3(4,5)6;/h2,8H,7H2,1H3;1H/i1D3;. The molecular weight excluding hydrogens is 156 g/mol. The van der Waals surface area contributed by atoms with E-state index in [-0.39, 0.29) is 12.4 Å². The predicted molar refractivity (Wildman–Crippen MR) is 30.1 cm³/mol. The van der Waals surface area contributed by atoms with E-state index in [9.17, 15) is 13.2 Å². The van der Waals surface area contributed by atoms with Crippen LogP contribution in [-0.4, -0.2) is 12.2 Å². The molecule has 0 radical (unpaired) electrons. The zero-order valence-corrected chi connectivity index (χ0v) is 5.01. The van der Waals surface area contributed by atoms with Gasteiger partial charge in [-0.15, -0.1) is 12.4 Å². The fourth-order valence-electron chi connectivity index (χ4n) is 0.0945. The number of hydrogen-bond donors (Lipinski definition) is 2. The maximum Gasteiger partial charge on any atom is 0.404 e. The summed E-state index contributed by atoms with van der Waals surface area (Å²) in [7, 11) is 0. The average Bonchev–Trinajstić information content (AvgIpc) is 1.56. The van der Waals surface area contributed by atoms with Gasteiger partial charge < -0.3 is 0 Å². The van der Waals surface area contributed by atoms with Crippen molar-refractivity contribution < 1.29 is 17.3 Å². The van der Waals surface area contributed by atoms with Crippen LogP contribution in [0.5, 0.6) is 0 Å². The molecule has 0 aromatic carbocycles. The van der Waals surface area contributed by atoms with Crippen molar-refractivity contribution in [3.63, 3.8) is 0 Å². The van der Waals surface area contributed by atoms with Crippen LogP contribution in [0.25, 0.3) is 0 Å². The second-order valence-corrected chi connectivity index (χ2v) is 1.14. The highest BCUT2D eigenvalue weighted by molar-refractivity contribution is 5.85. The van der Waals surface area contributed by atoms with Crippen molar-refractivity contribution in [1.82, 2.24) is 5.43 Å². The topological polar surface area (TPSA) is 38.0 Å². The lowest BCUT2D eigenvalue weighted by atomic mass is 10.4. The van der Waals surface area contributed by atoms with Crippen LogP contribution in [0.15, 0.2) is 0 Å². The number of hydrazine groups is 1. The fraction of sp³-hybridized carbons (Fsp3) is 1.00. The molecule has 0 fully saturated rings. The van der Waals surface area contributed by atoms with Gasteiger partial charge in [-0.25, -0.2) is 5.43 Å². The summed E-state index contributed by atoms with van der Waals surface area (Å²) in [5.41, 5.74) is 1.19. The van der Waals surface area contributed by atoms with Crippen LogP contribution in [0.3, 0.4) is 0 Å². The van der Waals surface area contributed by atoms with Gasteiger partial charge in [0, 0.05) is 4.11 Å². The van der Waals surface area contributed by atoms with Crippen LogP contribution >= 0.6 is 12.4 Å². The van der Waals surface area contributed by atoms with Gasteiger partial charge in [-0.2, -0.15) is 13.2 Å². The zero-order valence-electron chi connectivity index (χ0n) is 7.20. The first-order valence-corrected chi connectivity index (χ1v) is 1.72. The Balaban J connectivity index is 0.